The third kappa shape index (κ3) is 4.65. The number of nitriles is 2. The third-order valence-corrected chi connectivity index (χ3v) is 4.43. The van der Waals surface area contributed by atoms with Crippen molar-refractivity contribution < 1.29 is 27.4 Å². The van der Waals surface area contributed by atoms with Gasteiger partial charge in [-0.25, -0.2) is 13.6 Å². The van der Waals surface area contributed by atoms with E-state index in [1.807, 2.05) is 0 Å². The van der Waals surface area contributed by atoms with Gasteiger partial charge in [-0.3, -0.25) is 0 Å². The van der Waals surface area contributed by atoms with Crippen LogP contribution in [0.3, 0.4) is 0 Å². The fourth-order valence-corrected chi connectivity index (χ4v) is 3.03. The van der Waals surface area contributed by atoms with E-state index in [0.717, 1.165) is 0 Å². The first-order chi connectivity index (χ1) is 15.6. The predicted molar refractivity (Wildman–Crippen MR) is 113 cm³/mol. The number of hydrogen-bond acceptors (Lipinski definition) is 5. The Morgan fingerprint density at radius 1 is 0.818 bits per heavy atom. The summed E-state index contributed by atoms with van der Waals surface area (Å²) in [4.78, 5) is 12.9. The van der Waals surface area contributed by atoms with Gasteiger partial charge < -0.3 is 9.47 Å². The molecule has 0 spiro atoms. The van der Waals surface area contributed by atoms with Crippen LogP contribution in [0, 0.1) is 40.1 Å². The van der Waals surface area contributed by atoms with Crippen molar-refractivity contribution in [3.8, 4) is 34.8 Å². The maximum atomic E-state index is 15.0. The van der Waals surface area contributed by atoms with Gasteiger partial charge in [0.1, 0.15) is 40.2 Å². The molecule has 3 aromatic carbocycles. The molecule has 0 atom stereocenters. The SMILES string of the molecule is CC(C)(C)OC(=O)c1cccc(-c2ccccc2)c1Oc1c(F)c(F)c(C#N)c(C#N)c1F. The molecule has 0 bridgehead atoms. The summed E-state index contributed by atoms with van der Waals surface area (Å²) in [6.45, 7) is 4.92. The molecule has 0 saturated heterocycles. The van der Waals surface area contributed by atoms with Gasteiger partial charge in [0, 0.05) is 5.56 Å². The molecule has 0 aliphatic carbocycles. The highest BCUT2D eigenvalue weighted by atomic mass is 19.2. The number of esters is 1. The molecule has 0 N–H and O–H groups in total. The van der Waals surface area contributed by atoms with Crippen molar-refractivity contribution in [2.75, 3.05) is 0 Å². The minimum absolute atomic E-state index is 0.173. The Labute approximate surface area is 188 Å². The maximum Gasteiger partial charge on any atom is 0.342 e. The molecule has 3 rings (SSSR count). The zero-order valence-corrected chi connectivity index (χ0v) is 17.9. The first-order valence-electron chi connectivity index (χ1n) is 9.69. The molecule has 0 fully saturated rings. The van der Waals surface area contributed by atoms with Crippen LogP contribution in [0.25, 0.3) is 11.1 Å². The Hall–Kier alpha value is -4.30. The van der Waals surface area contributed by atoms with Crippen LogP contribution in [0.2, 0.25) is 0 Å². The standard InChI is InChI=1S/C25H17F3N2O3/c1-25(2,3)33-24(31)16-11-7-10-15(14-8-5-4-6-9-14)22(16)32-23-20(27)18(13-30)17(12-29)19(26)21(23)28/h4-11H,1-3H3. The van der Waals surface area contributed by atoms with Gasteiger partial charge >= 0.3 is 5.97 Å². The molecular formula is C25H17F3N2O3. The van der Waals surface area contributed by atoms with E-state index in [1.54, 1.807) is 57.2 Å². The van der Waals surface area contributed by atoms with Crippen molar-refractivity contribution >= 4 is 5.97 Å². The van der Waals surface area contributed by atoms with Gasteiger partial charge in [-0.05, 0) is 32.4 Å². The van der Waals surface area contributed by atoms with Crippen LogP contribution in [0.15, 0.2) is 48.5 Å². The maximum absolute atomic E-state index is 15.0. The minimum atomic E-state index is -1.80. The fraction of sp³-hybridized carbons (Fsp3) is 0.160. The average Bonchev–Trinajstić information content (AvgIpc) is 2.78. The van der Waals surface area contributed by atoms with Crippen LogP contribution in [0.4, 0.5) is 13.2 Å². The zero-order valence-electron chi connectivity index (χ0n) is 17.9. The Balaban J connectivity index is 2.29. The van der Waals surface area contributed by atoms with E-state index >= 15 is 0 Å². The van der Waals surface area contributed by atoms with Gasteiger partial charge in [-0.2, -0.15) is 14.9 Å². The summed E-state index contributed by atoms with van der Waals surface area (Å²) in [5.41, 5.74) is -2.35. The smallest absolute Gasteiger partial charge is 0.342 e. The van der Waals surface area contributed by atoms with E-state index in [-0.39, 0.29) is 16.9 Å². The average molecular weight is 450 g/mol. The van der Waals surface area contributed by atoms with E-state index in [4.69, 9.17) is 14.7 Å². The summed E-state index contributed by atoms with van der Waals surface area (Å²) in [5.74, 6) is -7.50. The number of carbonyl (C=O) groups excluding carboxylic acids is 1. The molecule has 0 amide bonds. The summed E-state index contributed by atoms with van der Waals surface area (Å²) >= 11 is 0. The minimum Gasteiger partial charge on any atom is -0.456 e. The summed E-state index contributed by atoms with van der Waals surface area (Å²) in [7, 11) is 0. The van der Waals surface area contributed by atoms with Crippen LogP contribution in [-0.4, -0.2) is 11.6 Å². The Morgan fingerprint density at radius 3 is 2.00 bits per heavy atom. The van der Waals surface area contributed by atoms with Gasteiger partial charge in [0.15, 0.2) is 11.6 Å². The first kappa shape index (κ1) is 23.4. The van der Waals surface area contributed by atoms with E-state index in [9.17, 15) is 23.2 Å². The molecule has 5 nitrogen and oxygen atoms in total. The highest BCUT2D eigenvalue weighted by molar-refractivity contribution is 5.96. The third-order valence-electron chi connectivity index (χ3n) is 4.43. The lowest BCUT2D eigenvalue weighted by Crippen LogP contribution is -2.24. The number of ether oxygens (including phenoxy) is 2. The van der Waals surface area contributed by atoms with Gasteiger partial charge in [0.05, 0.1) is 0 Å². The molecule has 0 saturated carbocycles. The molecule has 0 aliphatic rings. The summed E-state index contributed by atoms with van der Waals surface area (Å²) in [6.07, 6.45) is 0. The molecule has 33 heavy (non-hydrogen) atoms. The lowest BCUT2D eigenvalue weighted by Gasteiger charge is -2.22. The fourth-order valence-electron chi connectivity index (χ4n) is 3.03. The number of nitrogens with zero attached hydrogens (tertiary/aromatic N) is 2. The number of hydrogen-bond donors (Lipinski definition) is 0. The van der Waals surface area contributed by atoms with Crippen LogP contribution in [0.5, 0.6) is 11.5 Å². The quantitative estimate of drug-likeness (QED) is 0.346. The van der Waals surface area contributed by atoms with Gasteiger partial charge in [-0.15, -0.1) is 0 Å². The Kier molecular flexibility index (Phi) is 6.41. The lowest BCUT2D eigenvalue weighted by atomic mass is 10.0. The molecule has 8 heteroatoms. The molecule has 0 heterocycles. The number of para-hydroxylation sites is 1. The number of halogens is 3. The van der Waals surface area contributed by atoms with Crippen molar-refractivity contribution in [2.45, 2.75) is 26.4 Å². The topological polar surface area (TPSA) is 83.1 Å². The second-order valence-electron chi connectivity index (χ2n) is 7.90. The van der Waals surface area contributed by atoms with Crippen molar-refractivity contribution in [1.29, 1.82) is 10.5 Å². The van der Waals surface area contributed by atoms with Crippen molar-refractivity contribution in [2.24, 2.45) is 0 Å². The first-order valence-corrected chi connectivity index (χ1v) is 9.69. The molecule has 0 unspecified atom stereocenters. The van der Waals surface area contributed by atoms with Crippen LogP contribution in [-0.2, 0) is 4.74 Å². The largest absolute Gasteiger partial charge is 0.456 e. The highest BCUT2D eigenvalue weighted by Gasteiger charge is 2.30. The monoisotopic (exact) mass is 450 g/mol. The Morgan fingerprint density at radius 2 is 1.42 bits per heavy atom. The normalized spacial score (nSPS) is 10.8. The number of benzene rings is 3. The molecule has 0 aromatic heterocycles. The van der Waals surface area contributed by atoms with Crippen molar-refractivity contribution in [1.82, 2.24) is 0 Å². The summed E-state index contributed by atoms with van der Waals surface area (Å²) in [5, 5.41) is 18.2. The number of rotatable bonds is 4. The molecule has 3 aromatic rings. The zero-order chi connectivity index (χ0) is 24.3. The van der Waals surface area contributed by atoms with E-state index < -0.39 is 45.9 Å². The van der Waals surface area contributed by atoms with Gasteiger partial charge in [0.25, 0.3) is 0 Å². The highest BCUT2D eigenvalue weighted by Crippen LogP contribution is 2.40. The molecule has 0 aliphatic heterocycles. The van der Waals surface area contributed by atoms with Crippen LogP contribution >= 0.6 is 0 Å². The summed E-state index contributed by atoms with van der Waals surface area (Å²) < 4.78 is 55.0. The van der Waals surface area contributed by atoms with Gasteiger partial charge in [0.2, 0.25) is 11.6 Å². The molecule has 0 radical (unpaired) electrons. The predicted octanol–water partition coefficient (Wildman–Crippen LogP) is 6.26. The van der Waals surface area contributed by atoms with Crippen LogP contribution in [0.1, 0.15) is 42.3 Å². The van der Waals surface area contributed by atoms with Crippen LogP contribution < -0.4 is 4.74 Å². The van der Waals surface area contributed by atoms with Gasteiger partial charge in [-0.1, -0.05) is 42.5 Å². The van der Waals surface area contributed by atoms with E-state index in [0.29, 0.717) is 5.56 Å². The lowest BCUT2D eigenvalue weighted by molar-refractivity contribution is 0.00670. The Bertz CT molecular complexity index is 1320. The molecular weight excluding hydrogens is 433 g/mol. The second kappa shape index (κ2) is 9.05. The van der Waals surface area contributed by atoms with Crippen molar-refractivity contribution in [3.63, 3.8) is 0 Å². The van der Waals surface area contributed by atoms with E-state index in [2.05, 4.69) is 0 Å². The molecule has 166 valence electrons. The number of carbonyl (C=O) groups is 1. The van der Waals surface area contributed by atoms with E-state index in [1.165, 1.54) is 24.3 Å². The van der Waals surface area contributed by atoms with Crippen molar-refractivity contribution in [3.05, 3.63) is 82.7 Å². The second-order valence-corrected chi connectivity index (χ2v) is 7.90. The summed E-state index contributed by atoms with van der Waals surface area (Å²) in [6, 6.07) is 15.5.